The van der Waals surface area contributed by atoms with E-state index in [-0.39, 0.29) is 17.4 Å². The highest BCUT2D eigenvalue weighted by Crippen LogP contribution is 2.25. The highest BCUT2D eigenvalue weighted by atomic mass is 32.2. The van der Waals surface area contributed by atoms with Crippen LogP contribution in [0.1, 0.15) is 13.3 Å². The number of carbonyl (C=O) groups is 1. The summed E-state index contributed by atoms with van der Waals surface area (Å²) in [7, 11) is 0. The Morgan fingerprint density at radius 1 is 1.75 bits per heavy atom. The highest BCUT2D eigenvalue weighted by molar-refractivity contribution is 7.99. The fourth-order valence-electron chi connectivity index (χ4n) is 1.07. The van der Waals surface area contributed by atoms with Crippen LogP contribution in [-0.2, 0) is 4.79 Å². The molecule has 1 atom stereocenters. The second-order valence-electron chi connectivity index (χ2n) is 3.14. The Labute approximate surface area is 95.8 Å². The number of nitro groups is 1. The fourth-order valence-corrected chi connectivity index (χ4v) is 2.02. The number of hydrogen-bond donors (Lipinski definition) is 1. The molecule has 0 aromatic carbocycles. The fraction of sp³-hybridized carbons (Fsp3) is 0.333. The van der Waals surface area contributed by atoms with E-state index in [1.807, 2.05) is 0 Å². The van der Waals surface area contributed by atoms with Crippen LogP contribution in [0.4, 0.5) is 5.69 Å². The minimum Gasteiger partial charge on any atom is -0.481 e. The van der Waals surface area contributed by atoms with Gasteiger partial charge in [0.05, 0.1) is 11.3 Å². The Balaban J connectivity index is 2.70. The topological polar surface area (TPSA) is 93.3 Å². The lowest BCUT2D eigenvalue weighted by atomic mass is 10.3. The van der Waals surface area contributed by atoms with E-state index in [0.29, 0.717) is 5.03 Å². The zero-order valence-corrected chi connectivity index (χ0v) is 9.31. The molecule has 0 aliphatic heterocycles. The Bertz CT molecular complexity index is 410. The first-order valence-electron chi connectivity index (χ1n) is 4.48. The van der Waals surface area contributed by atoms with Crippen molar-refractivity contribution in [3.8, 4) is 0 Å². The molecule has 1 unspecified atom stereocenters. The normalized spacial score (nSPS) is 12.1. The smallest absolute Gasteiger partial charge is 0.304 e. The maximum Gasteiger partial charge on any atom is 0.304 e. The molecule has 1 N–H and O–H groups in total. The minimum atomic E-state index is -0.898. The molecule has 0 amide bonds. The van der Waals surface area contributed by atoms with Crippen molar-refractivity contribution < 1.29 is 14.8 Å². The average molecular weight is 242 g/mol. The van der Waals surface area contributed by atoms with Gasteiger partial charge in [0, 0.05) is 23.6 Å². The number of hydrogen-bond acceptors (Lipinski definition) is 5. The molecule has 1 aromatic heterocycles. The van der Waals surface area contributed by atoms with Crippen LogP contribution in [0.15, 0.2) is 23.4 Å². The van der Waals surface area contributed by atoms with Crippen LogP contribution < -0.4 is 0 Å². The van der Waals surface area contributed by atoms with E-state index >= 15 is 0 Å². The molecule has 0 bridgehead atoms. The molecule has 0 aliphatic carbocycles. The molecule has 0 aliphatic rings. The van der Waals surface area contributed by atoms with Crippen molar-refractivity contribution in [3.63, 3.8) is 0 Å². The van der Waals surface area contributed by atoms with Crippen molar-refractivity contribution in [2.75, 3.05) is 0 Å². The van der Waals surface area contributed by atoms with Crippen molar-refractivity contribution in [3.05, 3.63) is 28.4 Å². The van der Waals surface area contributed by atoms with Crippen molar-refractivity contribution in [1.29, 1.82) is 0 Å². The van der Waals surface area contributed by atoms with Gasteiger partial charge in [0.25, 0.3) is 5.69 Å². The van der Waals surface area contributed by atoms with Crippen molar-refractivity contribution >= 4 is 23.4 Å². The lowest BCUT2D eigenvalue weighted by Gasteiger charge is -2.06. The van der Waals surface area contributed by atoms with Gasteiger partial charge < -0.3 is 5.11 Å². The third-order valence-electron chi connectivity index (χ3n) is 1.71. The molecule has 0 radical (unpaired) electrons. The maximum atomic E-state index is 10.5. The Hall–Kier alpha value is -1.63. The molecule has 6 nitrogen and oxygen atoms in total. The molecule has 86 valence electrons. The van der Waals surface area contributed by atoms with Crippen LogP contribution in [0.25, 0.3) is 0 Å². The van der Waals surface area contributed by atoms with Crippen LogP contribution >= 0.6 is 11.8 Å². The number of carboxylic acids is 1. The summed E-state index contributed by atoms with van der Waals surface area (Å²) < 4.78 is 0. The third-order valence-corrected chi connectivity index (χ3v) is 2.75. The highest BCUT2D eigenvalue weighted by Gasteiger charge is 2.12. The number of pyridine rings is 1. The molecule has 16 heavy (non-hydrogen) atoms. The van der Waals surface area contributed by atoms with Crippen molar-refractivity contribution in [1.82, 2.24) is 4.98 Å². The molecule has 0 saturated heterocycles. The van der Waals surface area contributed by atoms with Gasteiger partial charge in [-0.3, -0.25) is 14.9 Å². The summed E-state index contributed by atoms with van der Waals surface area (Å²) in [4.78, 5) is 24.4. The Kier molecular flexibility index (Phi) is 4.24. The van der Waals surface area contributed by atoms with Gasteiger partial charge >= 0.3 is 5.97 Å². The van der Waals surface area contributed by atoms with Crippen LogP contribution in [0.2, 0.25) is 0 Å². The number of thioether (sulfide) groups is 1. The van der Waals surface area contributed by atoms with Gasteiger partial charge in [0.15, 0.2) is 0 Å². The maximum absolute atomic E-state index is 10.5. The van der Waals surface area contributed by atoms with E-state index in [1.54, 1.807) is 6.92 Å². The summed E-state index contributed by atoms with van der Waals surface area (Å²) in [6.07, 6.45) is 1.34. The third kappa shape index (κ3) is 3.85. The summed E-state index contributed by atoms with van der Waals surface area (Å²) >= 11 is 1.21. The molecular formula is C9H10N2O4S. The molecule has 1 aromatic rings. The quantitative estimate of drug-likeness (QED) is 0.482. The van der Waals surface area contributed by atoms with Gasteiger partial charge in [0.2, 0.25) is 0 Å². The first-order chi connectivity index (χ1) is 7.49. The predicted molar refractivity (Wildman–Crippen MR) is 58.5 cm³/mol. The molecular weight excluding hydrogens is 232 g/mol. The molecule has 0 spiro atoms. The van der Waals surface area contributed by atoms with E-state index < -0.39 is 10.9 Å². The van der Waals surface area contributed by atoms with Gasteiger partial charge in [-0.1, -0.05) is 6.92 Å². The number of nitrogens with zero attached hydrogens (tertiary/aromatic N) is 2. The van der Waals surface area contributed by atoms with Gasteiger partial charge in [-0.25, -0.2) is 4.98 Å². The number of carboxylic acid groups (broad SMARTS) is 1. The average Bonchev–Trinajstić information content (AvgIpc) is 2.16. The minimum absolute atomic E-state index is 0.00492. The van der Waals surface area contributed by atoms with E-state index in [9.17, 15) is 14.9 Å². The SMILES string of the molecule is CC(CC(=O)O)Sc1cc([N+](=O)[O-])ccn1. The predicted octanol–water partition coefficient (Wildman–Crippen LogP) is 1.95. The van der Waals surface area contributed by atoms with Crippen LogP contribution in [0, 0.1) is 10.1 Å². The van der Waals surface area contributed by atoms with Gasteiger partial charge in [-0.05, 0) is 0 Å². The summed E-state index contributed by atoms with van der Waals surface area (Å²) in [5.41, 5.74) is -0.0416. The zero-order chi connectivity index (χ0) is 12.1. The van der Waals surface area contributed by atoms with Crippen LogP contribution in [-0.4, -0.2) is 26.2 Å². The van der Waals surface area contributed by atoms with Crippen LogP contribution in [0.5, 0.6) is 0 Å². The summed E-state index contributed by atoms with van der Waals surface area (Å²) in [5.74, 6) is -0.898. The van der Waals surface area contributed by atoms with Gasteiger partial charge in [-0.2, -0.15) is 0 Å². The summed E-state index contributed by atoms with van der Waals surface area (Å²) in [6, 6.07) is 2.63. The summed E-state index contributed by atoms with van der Waals surface area (Å²) in [5, 5.41) is 19.3. The van der Waals surface area contributed by atoms with E-state index in [1.165, 1.54) is 30.1 Å². The van der Waals surface area contributed by atoms with E-state index in [4.69, 9.17) is 5.11 Å². The summed E-state index contributed by atoms with van der Waals surface area (Å²) in [6.45, 7) is 1.74. The van der Waals surface area contributed by atoms with Crippen LogP contribution in [0.3, 0.4) is 0 Å². The van der Waals surface area contributed by atoms with E-state index in [2.05, 4.69) is 4.98 Å². The lowest BCUT2D eigenvalue weighted by molar-refractivity contribution is -0.385. The van der Waals surface area contributed by atoms with Gasteiger partial charge in [0.1, 0.15) is 5.03 Å². The Morgan fingerprint density at radius 2 is 2.44 bits per heavy atom. The molecule has 0 saturated carbocycles. The second-order valence-corrected chi connectivity index (χ2v) is 4.59. The second kappa shape index (κ2) is 5.45. The Morgan fingerprint density at radius 3 is 3.00 bits per heavy atom. The molecule has 1 rings (SSSR count). The molecule has 1 heterocycles. The number of rotatable bonds is 5. The zero-order valence-electron chi connectivity index (χ0n) is 8.49. The van der Waals surface area contributed by atoms with E-state index in [0.717, 1.165) is 0 Å². The largest absolute Gasteiger partial charge is 0.481 e. The number of aliphatic carboxylic acids is 1. The monoisotopic (exact) mass is 242 g/mol. The molecule has 0 fully saturated rings. The van der Waals surface area contributed by atoms with Gasteiger partial charge in [-0.15, -0.1) is 11.8 Å². The van der Waals surface area contributed by atoms with Crippen molar-refractivity contribution in [2.45, 2.75) is 23.6 Å². The first-order valence-corrected chi connectivity index (χ1v) is 5.36. The lowest BCUT2D eigenvalue weighted by Crippen LogP contribution is -2.05. The number of aromatic nitrogens is 1. The molecule has 7 heteroatoms. The first kappa shape index (κ1) is 12.4. The van der Waals surface area contributed by atoms with Crippen molar-refractivity contribution in [2.24, 2.45) is 0 Å². The standard InChI is InChI=1S/C9H10N2O4S/c1-6(4-9(12)13)16-8-5-7(11(14)15)2-3-10-8/h2-3,5-6H,4H2,1H3,(H,12,13).